The predicted molar refractivity (Wildman–Crippen MR) is 111 cm³/mol. The Hall–Kier alpha value is -3.59. The topological polar surface area (TPSA) is 37.0 Å². The quantitative estimate of drug-likeness (QED) is 0.553. The summed E-state index contributed by atoms with van der Waals surface area (Å²) in [4.78, 5) is 4.90. The van der Waals surface area contributed by atoms with Crippen molar-refractivity contribution in [3.63, 3.8) is 0 Å². The zero-order valence-corrected chi connectivity index (χ0v) is 14.7. The van der Waals surface area contributed by atoms with Gasteiger partial charge in [-0.25, -0.2) is 4.98 Å². The lowest BCUT2D eigenvalue weighted by Crippen LogP contribution is -2.42. The molecule has 0 bridgehead atoms. The number of aromatic nitrogens is 1. The van der Waals surface area contributed by atoms with Gasteiger partial charge in [-0.05, 0) is 34.5 Å². The van der Waals surface area contributed by atoms with Gasteiger partial charge in [-0.15, -0.1) is 0 Å². The zero-order valence-electron chi connectivity index (χ0n) is 14.7. The second-order valence-electron chi connectivity index (χ2n) is 6.98. The molecule has 0 unspecified atom stereocenters. The van der Waals surface area contributed by atoms with Gasteiger partial charge in [0.15, 0.2) is 0 Å². The third-order valence-corrected chi connectivity index (χ3v) is 5.42. The maximum absolute atomic E-state index is 4.90. The number of benzene rings is 3. The van der Waals surface area contributed by atoms with E-state index in [1.54, 1.807) is 0 Å². The van der Waals surface area contributed by atoms with Crippen molar-refractivity contribution in [2.24, 2.45) is 0 Å². The van der Waals surface area contributed by atoms with Crippen LogP contribution in [0.15, 0.2) is 72.8 Å². The average Bonchev–Trinajstić information content (AvgIpc) is 2.74. The predicted octanol–water partition coefficient (Wildman–Crippen LogP) is 3.50. The van der Waals surface area contributed by atoms with E-state index >= 15 is 0 Å². The van der Waals surface area contributed by atoms with Gasteiger partial charge >= 0.3 is 0 Å². The van der Waals surface area contributed by atoms with Gasteiger partial charge in [0.1, 0.15) is 5.82 Å². The minimum absolute atomic E-state index is 0.824. The molecule has 4 aromatic rings. The lowest BCUT2D eigenvalue weighted by atomic mass is 9.95. The first-order chi connectivity index (χ1) is 13.4. The Bertz CT molecular complexity index is 1340. The summed E-state index contributed by atoms with van der Waals surface area (Å²) in [6, 6.07) is 25.5. The van der Waals surface area contributed by atoms with E-state index in [9.17, 15) is 0 Å². The molecule has 3 heterocycles. The highest BCUT2D eigenvalue weighted by atomic mass is 15.0. The number of nitrogens with one attached hydrogen (secondary N) is 2. The first-order valence-electron chi connectivity index (χ1n) is 9.22. The lowest BCUT2D eigenvalue weighted by Gasteiger charge is -2.25. The van der Waals surface area contributed by atoms with Crippen molar-refractivity contribution in [2.45, 2.75) is 0 Å². The van der Waals surface area contributed by atoms with E-state index < -0.39 is 0 Å². The maximum atomic E-state index is 4.90. The van der Waals surface area contributed by atoms with E-state index in [1.807, 2.05) is 6.07 Å². The number of fused-ring (bicyclic) bond motifs is 4. The van der Waals surface area contributed by atoms with Crippen molar-refractivity contribution in [2.75, 3.05) is 11.9 Å². The van der Waals surface area contributed by atoms with Gasteiger partial charge in [0, 0.05) is 28.4 Å². The minimum atomic E-state index is 0.824. The Labute approximate surface area is 156 Å². The monoisotopic (exact) mass is 347 g/mol. The molecule has 0 fully saturated rings. The van der Waals surface area contributed by atoms with Crippen LogP contribution in [0.3, 0.4) is 0 Å². The Morgan fingerprint density at radius 1 is 0.815 bits per heavy atom. The minimum Gasteiger partial charge on any atom is -0.380 e. The van der Waals surface area contributed by atoms with Crippen molar-refractivity contribution in [1.82, 2.24) is 10.3 Å². The van der Waals surface area contributed by atoms with E-state index in [0.717, 1.165) is 23.6 Å². The van der Waals surface area contributed by atoms with Gasteiger partial charge in [0.2, 0.25) is 0 Å². The Kier molecular flexibility index (Phi) is 2.94. The van der Waals surface area contributed by atoms with E-state index in [-0.39, 0.29) is 0 Å². The third kappa shape index (κ3) is 2.12. The molecule has 1 aromatic heterocycles. The molecule has 3 aromatic carbocycles. The van der Waals surface area contributed by atoms with E-state index in [2.05, 4.69) is 83.4 Å². The summed E-state index contributed by atoms with van der Waals surface area (Å²) in [5.41, 5.74) is 6.95. The summed E-state index contributed by atoms with van der Waals surface area (Å²) in [5, 5.41) is 10.8. The summed E-state index contributed by atoms with van der Waals surface area (Å²) in [6.07, 6.45) is 2.26. The van der Waals surface area contributed by atoms with Crippen LogP contribution in [0, 0.1) is 0 Å². The molecule has 0 atom stereocenters. The van der Waals surface area contributed by atoms with E-state index in [0.29, 0.717) is 0 Å². The number of hydrogen-bond donors (Lipinski definition) is 2. The first-order valence-corrected chi connectivity index (χ1v) is 9.22. The highest BCUT2D eigenvalue weighted by Gasteiger charge is 2.21. The molecule has 0 aliphatic carbocycles. The highest BCUT2D eigenvalue weighted by molar-refractivity contribution is 5.91. The number of para-hydroxylation sites is 1. The van der Waals surface area contributed by atoms with Gasteiger partial charge in [-0.3, -0.25) is 0 Å². The molecule has 3 heteroatoms. The second kappa shape index (κ2) is 5.45. The molecule has 0 saturated heterocycles. The van der Waals surface area contributed by atoms with Crippen molar-refractivity contribution in [3.05, 3.63) is 88.8 Å². The molecule has 0 saturated carbocycles. The number of anilines is 2. The largest absolute Gasteiger partial charge is 0.380 e. The molecule has 0 amide bonds. The van der Waals surface area contributed by atoms with Crippen molar-refractivity contribution >= 4 is 34.2 Å². The van der Waals surface area contributed by atoms with Crippen LogP contribution in [0.1, 0.15) is 5.56 Å². The zero-order chi connectivity index (χ0) is 17.8. The van der Waals surface area contributed by atoms with Crippen LogP contribution < -0.4 is 21.1 Å². The van der Waals surface area contributed by atoms with Crippen LogP contribution in [-0.4, -0.2) is 11.5 Å². The first kappa shape index (κ1) is 14.6. The van der Waals surface area contributed by atoms with Gasteiger partial charge in [-0.2, -0.15) is 0 Å². The lowest BCUT2D eigenvalue weighted by molar-refractivity contribution is 1.00. The van der Waals surface area contributed by atoms with E-state index in [1.165, 1.54) is 38.2 Å². The Morgan fingerprint density at radius 3 is 2.59 bits per heavy atom. The summed E-state index contributed by atoms with van der Waals surface area (Å²) in [5.74, 6) is 0.933. The van der Waals surface area contributed by atoms with Crippen LogP contribution in [0.4, 0.5) is 11.5 Å². The van der Waals surface area contributed by atoms with Crippen LogP contribution in [-0.2, 0) is 0 Å². The highest BCUT2D eigenvalue weighted by Crippen LogP contribution is 2.32. The molecule has 2 N–H and O–H groups in total. The molecule has 0 radical (unpaired) electrons. The molecule has 27 heavy (non-hydrogen) atoms. The van der Waals surface area contributed by atoms with Gasteiger partial charge < -0.3 is 10.6 Å². The molecule has 3 nitrogen and oxygen atoms in total. The van der Waals surface area contributed by atoms with Crippen LogP contribution in [0.25, 0.3) is 33.8 Å². The normalized spacial score (nSPS) is 13.9. The fourth-order valence-corrected chi connectivity index (χ4v) is 4.16. The SMILES string of the molecule is C1=c2c3c(nc4ccccc24)Nc2ccc(-c4ccccc4)cc2C=3NC1. The molecule has 0 spiro atoms. The second-order valence-corrected chi connectivity index (χ2v) is 6.98. The Balaban J connectivity index is 1.69. The molecule has 2 aliphatic rings. The molecule has 6 rings (SSSR count). The summed E-state index contributed by atoms with van der Waals surface area (Å²) in [7, 11) is 0. The Morgan fingerprint density at radius 2 is 1.67 bits per heavy atom. The van der Waals surface area contributed by atoms with Crippen LogP contribution in [0.2, 0.25) is 0 Å². The van der Waals surface area contributed by atoms with Gasteiger partial charge in [-0.1, -0.05) is 60.7 Å². The summed E-state index contributed by atoms with van der Waals surface area (Å²) >= 11 is 0. The molecule has 2 aliphatic heterocycles. The van der Waals surface area contributed by atoms with Crippen LogP contribution in [0.5, 0.6) is 0 Å². The molecule has 128 valence electrons. The maximum Gasteiger partial charge on any atom is 0.141 e. The van der Waals surface area contributed by atoms with Crippen LogP contribution >= 0.6 is 0 Å². The van der Waals surface area contributed by atoms with E-state index in [4.69, 9.17) is 4.98 Å². The number of rotatable bonds is 1. The number of nitrogens with zero attached hydrogens (tertiary/aromatic N) is 1. The standard InChI is InChI=1S/C24H17N3/c1-2-6-15(7-3-1)16-10-11-21-19(14-16)23-22-18(12-13-25-23)17-8-4-5-9-20(17)26-24(22)27-21/h1-12,14,25H,13H2,(H,26,27). The third-order valence-electron chi connectivity index (χ3n) is 5.42. The molecular formula is C24H17N3. The average molecular weight is 347 g/mol. The summed E-state index contributed by atoms with van der Waals surface area (Å²) < 4.78 is 0. The summed E-state index contributed by atoms with van der Waals surface area (Å²) in [6.45, 7) is 0.824. The van der Waals surface area contributed by atoms with Crippen molar-refractivity contribution in [3.8, 4) is 11.1 Å². The fraction of sp³-hybridized carbons (Fsp3) is 0.0417. The molecular weight excluding hydrogens is 330 g/mol. The van der Waals surface area contributed by atoms with Crippen molar-refractivity contribution < 1.29 is 0 Å². The number of pyridine rings is 1. The van der Waals surface area contributed by atoms with Gasteiger partial charge in [0.05, 0.1) is 11.2 Å². The fourth-order valence-electron chi connectivity index (χ4n) is 4.16. The van der Waals surface area contributed by atoms with Crippen molar-refractivity contribution in [1.29, 1.82) is 0 Å². The smallest absolute Gasteiger partial charge is 0.141 e. The van der Waals surface area contributed by atoms with Gasteiger partial charge in [0.25, 0.3) is 0 Å². The number of hydrogen-bond acceptors (Lipinski definition) is 3.